The highest BCUT2D eigenvalue weighted by molar-refractivity contribution is 4.59. The fourth-order valence-electron chi connectivity index (χ4n) is 2.81. The van der Waals surface area contributed by atoms with Gasteiger partial charge in [-0.05, 0) is 38.5 Å². The molecule has 0 aliphatic carbocycles. The van der Waals surface area contributed by atoms with E-state index >= 15 is 0 Å². The van der Waals surface area contributed by atoms with E-state index in [4.69, 9.17) is 0 Å². The predicted octanol–water partition coefficient (Wildman–Crippen LogP) is -0.480. The van der Waals surface area contributed by atoms with Crippen molar-refractivity contribution in [2.24, 2.45) is 0 Å². The first-order valence-corrected chi connectivity index (χ1v) is 5.26. The van der Waals surface area contributed by atoms with Crippen molar-refractivity contribution in [2.45, 2.75) is 38.5 Å². The van der Waals surface area contributed by atoms with Crippen molar-refractivity contribution in [3.63, 3.8) is 0 Å². The monoisotopic (exact) mass is 225 g/mol. The van der Waals surface area contributed by atoms with Crippen molar-refractivity contribution in [1.29, 1.82) is 0 Å². The van der Waals surface area contributed by atoms with Crippen molar-refractivity contribution < 1.29 is 26.4 Å². The van der Waals surface area contributed by atoms with Crippen molar-refractivity contribution >= 4 is 0 Å². The summed E-state index contributed by atoms with van der Waals surface area (Å²) in [7, 11) is 0. The molecule has 0 saturated carbocycles. The van der Waals surface area contributed by atoms with Gasteiger partial charge in [0.15, 0.2) is 0 Å². The standard InChI is InChI=1S/C10H20N.4H2O/c1-3-7-11(8-4-1)9-5-2-6-10-11;;;;/h1-10H2;4*1H2/q+1;;;;/p-1. The van der Waals surface area contributed by atoms with Crippen LogP contribution in [0.5, 0.6) is 0 Å². The normalized spacial score (nSPS) is 22.4. The molecule has 1 spiro atoms. The van der Waals surface area contributed by atoms with Gasteiger partial charge >= 0.3 is 0 Å². The summed E-state index contributed by atoms with van der Waals surface area (Å²) in [6, 6.07) is 0. The van der Waals surface area contributed by atoms with Crippen LogP contribution in [0.3, 0.4) is 0 Å². The minimum atomic E-state index is 0. The Morgan fingerprint density at radius 1 is 0.467 bits per heavy atom. The lowest BCUT2D eigenvalue weighted by molar-refractivity contribution is -0.936. The third-order valence-corrected chi connectivity index (χ3v) is 3.53. The average Bonchev–Trinajstić information content (AvgIpc) is 2.07. The summed E-state index contributed by atoms with van der Waals surface area (Å²) in [5.74, 6) is 0. The molecule has 2 rings (SSSR count). The summed E-state index contributed by atoms with van der Waals surface area (Å²) in [5.41, 5.74) is 0. The number of piperidine rings is 2. The van der Waals surface area contributed by atoms with Crippen LogP contribution in [0.4, 0.5) is 0 Å². The van der Waals surface area contributed by atoms with Gasteiger partial charge in [0.05, 0.1) is 26.2 Å². The first-order valence-electron chi connectivity index (χ1n) is 5.26. The second kappa shape index (κ2) is 9.06. The Bertz CT molecular complexity index is 112. The molecule has 5 heteroatoms. The number of quaternary nitrogens is 1. The van der Waals surface area contributed by atoms with Crippen LogP contribution in [-0.4, -0.2) is 52.6 Å². The Kier molecular flexibility index (Phi) is 12.2. The number of hydrogen-bond donors (Lipinski definition) is 0. The first-order chi connectivity index (χ1) is 5.41. The van der Waals surface area contributed by atoms with E-state index in [2.05, 4.69) is 0 Å². The highest BCUT2D eigenvalue weighted by Crippen LogP contribution is 2.24. The van der Waals surface area contributed by atoms with Gasteiger partial charge in [-0.25, -0.2) is 0 Å². The maximum atomic E-state index is 1.50. The number of nitrogens with zero attached hydrogens (tertiary/aromatic N) is 1. The highest BCUT2D eigenvalue weighted by atomic mass is 16.0. The predicted molar refractivity (Wildman–Crippen MR) is 60.2 cm³/mol. The molecule has 2 fully saturated rings. The molecule has 15 heavy (non-hydrogen) atoms. The van der Waals surface area contributed by atoms with E-state index in [1.165, 1.54) is 69.2 Å². The van der Waals surface area contributed by atoms with Gasteiger partial charge in [-0.2, -0.15) is 0 Å². The van der Waals surface area contributed by atoms with Crippen LogP contribution in [0.1, 0.15) is 38.5 Å². The van der Waals surface area contributed by atoms with E-state index in [1.54, 1.807) is 0 Å². The molecular weight excluding hydrogens is 198 g/mol. The Morgan fingerprint density at radius 2 is 0.733 bits per heavy atom. The van der Waals surface area contributed by atoms with E-state index < -0.39 is 0 Å². The van der Waals surface area contributed by atoms with Crippen molar-refractivity contribution in [3.05, 3.63) is 0 Å². The summed E-state index contributed by atoms with van der Waals surface area (Å²) in [6.07, 6.45) is 9.00. The van der Waals surface area contributed by atoms with Crippen LogP contribution >= 0.6 is 0 Å². The van der Waals surface area contributed by atoms with Gasteiger partial charge in [-0.3, -0.25) is 0 Å². The zero-order valence-electron chi connectivity index (χ0n) is 9.47. The average molecular weight is 225 g/mol. The van der Waals surface area contributed by atoms with E-state index in [-0.39, 0.29) is 21.9 Å². The first kappa shape index (κ1) is 20.2. The molecule has 7 N–H and O–H groups in total. The van der Waals surface area contributed by atoms with Crippen LogP contribution in [0.2, 0.25) is 0 Å². The van der Waals surface area contributed by atoms with Gasteiger partial charge in [-0.15, -0.1) is 0 Å². The molecule has 0 unspecified atom stereocenters. The molecular formula is C10H27NO4. The van der Waals surface area contributed by atoms with Gasteiger partial charge in [0, 0.05) is 0 Å². The van der Waals surface area contributed by atoms with Gasteiger partial charge in [0.25, 0.3) is 0 Å². The lowest BCUT2D eigenvalue weighted by atomic mass is 10.0. The minimum Gasteiger partial charge on any atom is -0.870 e. The third kappa shape index (κ3) is 4.90. The van der Waals surface area contributed by atoms with Crippen LogP contribution in [-0.2, 0) is 0 Å². The fraction of sp³-hybridized carbons (Fsp3) is 1.00. The smallest absolute Gasteiger partial charge is 0.0786 e. The SMILES string of the molecule is C1CC[N+]2(CC1)CCCCC2.O.O.O.[OH-]. The summed E-state index contributed by atoms with van der Waals surface area (Å²) >= 11 is 0. The lowest BCUT2D eigenvalue weighted by Gasteiger charge is -2.44. The third-order valence-electron chi connectivity index (χ3n) is 3.53. The molecule has 2 aliphatic rings. The molecule has 0 amide bonds. The van der Waals surface area contributed by atoms with Crippen molar-refractivity contribution in [2.75, 3.05) is 26.2 Å². The fourth-order valence-corrected chi connectivity index (χ4v) is 2.81. The maximum Gasteiger partial charge on any atom is 0.0786 e. The van der Waals surface area contributed by atoms with E-state index in [0.717, 1.165) is 0 Å². The Balaban J connectivity index is -0.000000360. The minimum absolute atomic E-state index is 0. The van der Waals surface area contributed by atoms with Crippen LogP contribution in [0.15, 0.2) is 0 Å². The molecule has 2 aliphatic heterocycles. The molecule has 5 nitrogen and oxygen atoms in total. The molecule has 0 aromatic rings. The molecule has 96 valence electrons. The van der Waals surface area contributed by atoms with Gasteiger partial charge < -0.3 is 26.4 Å². The van der Waals surface area contributed by atoms with Gasteiger partial charge in [0.1, 0.15) is 0 Å². The van der Waals surface area contributed by atoms with Crippen molar-refractivity contribution in [1.82, 2.24) is 0 Å². The molecule has 0 bridgehead atoms. The largest absolute Gasteiger partial charge is 0.870 e. The number of rotatable bonds is 0. The Morgan fingerprint density at radius 3 is 1.00 bits per heavy atom. The van der Waals surface area contributed by atoms with Crippen LogP contribution < -0.4 is 0 Å². The topological polar surface area (TPSA) is 124 Å². The molecule has 0 aromatic heterocycles. The quantitative estimate of drug-likeness (QED) is 0.507. The highest BCUT2D eigenvalue weighted by Gasteiger charge is 2.30. The summed E-state index contributed by atoms with van der Waals surface area (Å²) in [4.78, 5) is 0. The zero-order valence-corrected chi connectivity index (χ0v) is 9.47. The zero-order chi connectivity index (χ0) is 7.57. The van der Waals surface area contributed by atoms with Crippen LogP contribution in [0, 0.1) is 0 Å². The molecule has 2 saturated heterocycles. The second-order valence-corrected chi connectivity index (χ2v) is 4.36. The van der Waals surface area contributed by atoms with E-state index in [0.29, 0.717) is 0 Å². The van der Waals surface area contributed by atoms with Gasteiger partial charge in [-0.1, -0.05) is 0 Å². The summed E-state index contributed by atoms with van der Waals surface area (Å²) < 4.78 is 1.50. The Labute approximate surface area is 91.9 Å². The molecule has 2 heterocycles. The molecule has 0 radical (unpaired) electrons. The molecule has 0 aromatic carbocycles. The number of hydrogen-bond acceptors (Lipinski definition) is 1. The lowest BCUT2D eigenvalue weighted by Crippen LogP contribution is -2.54. The maximum absolute atomic E-state index is 1.50. The summed E-state index contributed by atoms with van der Waals surface area (Å²) in [5, 5.41) is 0. The van der Waals surface area contributed by atoms with E-state index in [1.807, 2.05) is 0 Å². The second-order valence-electron chi connectivity index (χ2n) is 4.36. The van der Waals surface area contributed by atoms with Crippen molar-refractivity contribution in [3.8, 4) is 0 Å². The Hall–Kier alpha value is -0.200. The van der Waals surface area contributed by atoms with Gasteiger partial charge in [0.2, 0.25) is 0 Å². The van der Waals surface area contributed by atoms with Crippen LogP contribution in [0.25, 0.3) is 0 Å². The van der Waals surface area contributed by atoms with E-state index in [9.17, 15) is 0 Å². The summed E-state index contributed by atoms with van der Waals surface area (Å²) in [6.45, 7) is 6.00. The molecule has 0 atom stereocenters.